The molecule has 2 heterocycles. The van der Waals surface area contributed by atoms with E-state index < -0.39 is 6.10 Å². The quantitative estimate of drug-likeness (QED) is 0.810. The second-order valence-corrected chi connectivity index (χ2v) is 6.41. The third-order valence-electron chi connectivity index (χ3n) is 4.73. The monoisotopic (exact) mass is 328 g/mol. The fourth-order valence-electron chi connectivity index (χ4n) is 3.40. The number of aliphatic hydroxyl groups is 1. The first-order chi connectivity index (χ1) is 11.7. The van der Waals surface area contributed by atoms with Crippen LogP contribution in [0.15, 0.2) is 40.9 Å². The maximum absolute atomic E-state index is 11.5. The lowest BCUT2D eigenvalue weighted by molar-refractivity contribution is 0.0600. The number of rotatable bonds is 5. The second kappa shape index (κ2) is 7.73. The van der Waals surface area contributed by atoms with Crippen LogP contribution in [-0.2, 0) is 11.2 Å². The highest BCUT2D eigenvalue weighted by Crippen LogP contribution is 2.22. The van der Waals surface area contributed by atoms with Gasteiger partial charge >= 0.3 is 5.97 Å². The number of esters is 1. The van der Waals surface area contributed by atoms with Gasteiger partial charge in [-0.05, 0) is 49.0 Å². The van der Waals surface area contributed by atoms with Crippen molar-refractivity contribution in [3.05, 3.63) is 47.0 Å². The maximum atomic E-state index is 11.5. The number of nitrogens with one attached hydrogen (secondary N) is 1. The third kappa shape index (κ3) is 3.91. The maximum Gasteiger partial charge on any atom is 0.337 e. The highest BCUT2D eigenvalue weighted by molar-refractivity contribution is 5.89. The van der Waals surface area contributed by atoms with Gasteiger partial charge in [0, 0.05) is 24.8 Å². The summed E-state index contributed by atoms with van der Waals surface area (Å²) in [5.41, 5.74) is 2.67. The smallest absolute Gasteiger partial charge is 0.337 e. The molecule has 0 saturated carbocycles. The van der Waals surface area contributed by atoms with Crippen LogP contribution in [-0.4, -0.2) is 49.1 Å². The van der Waals surface area contributed by atoms with E-state index in [0.29, 0.717) is 11.6 Å². The fraction of sp³-hybridized carbons (Fsp3) is 0.474. The van der Waals surface area contributed by atoms with E-state index in [9.17, 15) is 9.90 Å². The zero-order chi connectivity index (χ0) is 16.9. The summed E-state index contributed by atoms with van der Waals surface area (Å²) in [5.74, 6) is -0.314. The van der Waals surface area contributed by atoms with E-state index in [1.54, 1.807) is 18.3 Å². The second-order valence-electron chi connectivity index (χ2n) is 6.41. The minimum absolute atomic E-state index is 0.0835. The Bertz CT molecular complexity index is 637. The molecule has 3 rings (SSSR count). The number of dihydropyridines is 1. The van der Waals surface area contributed by atoms with Crippen LogP contribution >= 0.6 is 0 Å². The molecule has 0 radical (unpaired) electrons. The molecule has 1 aromatic rings. The molecule has 2 aliphatic heterocycles. The van der Waals surface area contributed by atoms with Gasteiger partial charge < -0.3 is 15.2 Å². The van der Waals surface area contributed by atoms with Crippen molar-refractivity contribution in [2.45, 2.75) is 43.9 Å². The number of benzene rings is 1. The number of nitrogens with zero attached hydrogens (tertiary/aromatic N) is 1. The zero-order valence-corrected chi connectivity index (χ0v) is 13.9. The van der Waals surface area contributed by atoms with Gasteiger partial charge in [-0.3, -0.25) is 4.99 Å². The van der Waals surface area contributed by atoms with Crippen LogP contribution in [0.4, 0.5) is 0 Å². The largest absolute Gasteiger partial charge is 0.465 e. The fourth-order valence-corrected chi connectivity index (χ4v) is 3.40. The Morgan fingerprint density at radius 2 is 2.17 bits per heavy atom. The molecule has 1 saturated heterocycles. The van der Waals surface area contributed by atoms with Crippen molar-refractivity contribution in [3.63, 3.8) is 0 Å². The molecule has 1 aromatic carbocycles. The van der Waals surface area contributed by atoms with Gasteiger partial charge in [0.25, 0.3) is 0 Å². The minimum Gasteiger partial charge on any atom is -0.465 e. The van der Waals surface area contributed by atoms with Crippen LogP contribution in [0.1, 0.15) is 35.2 Å². The van der Waals surface area contributed by atoms with E-state index in [2.05, 4.69) is 16.4 Å². The van der Waals surface area contributed by atoms with Gasteiger partial charge in [-0.25, -0.2) is 4.79 Å². The normalized spacial score (nSPS) is 24.5. The first kappa shape index (κ1) is 16.9. The van der Waals surface area contributed by atoms with Crippen LogP contribution in [0.2, 0.25) is 0 Å². The highest BCUT2D eigenvalue weighted by atomic mass is 16.5. The van der Waals surface area contributed by atoms with Crippen LogP contribution in [0.3, 0.4) is 0 Å². The first-order valence-electron chi connectivity index (χ1n) is 8.48. The number of aliphatic hydroxyl groups excluding tert-OH is 1. The summed E-state index contributed by atoms with van der Waals surface area (Å²) in [5, 5.41) is 14.0. The molecular formula is C19H24N2O3. The van der Waals surface area contributed by atoms with Gasteiger partial charge in [0.1, 0.15) is 0 Å². The third-order valence-corrected chi connectivity index (χ3v) is 4.73. The molecule has 2 aliphatic rings. The predicted octanol–water partition coefficient (Wildman–Crippen LogP) is 1.90. The molecule has 24 heavy (non-hydrogen) atoms. The lowest BCUT2D eigenvalue weighted by Crippen LogP contribution is -2.40. The Hall–Kier alpha value is -1.98. The number of hydrogen-bond acceptors (Lipinski definition) is 5. The number of aliphatic imine (C=N–C) groups is 1. The number of hydrogen-bond donors (Lipinski definition) is 2. The summed E-state index contributed by atoms with van der Waals surface area (Å²) in [7, 11) is 1.39. The van der Waals surface area contributed by atoms with E-state index in [4.69, 9.17) is 4.74 Å². The summed E-state index contributed by atoms with van der Waals surface area (Å²) in [6.45, 7) is 0.818. The van der Waals surface area contributed by atoms with Crippen molar-refractivity contribution in [2.24, 2.45) is 4.99 Å². The Balaban J connectivity index is 1.55. The van der Waals surface area contributed by atoms with Crippen LogP contribution in [0.25, 0.3) is 0 Å². The van der Waals surface area contributed by atoms with E-state index in [0.717, 1.165) is 37.8 Å². The predicted molar refractivity (Wildman–Crippen MR) is 93.5 cm³/mol. The average molecular weight is 328 g/mol. The molecule has 3 atom stereocenters. The summed E-state index contributed by atoms with van der Waals surface area (Å²) in [6.07, 6.45) is 7.18. The van der Waals surface area contributed by atoms with Crippen LogP contribution < -0.4 is 5.32 Å². The first-order valence-corrected chi connectivity index (χ1v) is 8.48. The molecular weight excluding hydrogens is 304 g/mol. The highest BCUT2D eigenvalue weighted by Gasteiger charge is 2.30. The van der Waals surface area contributed by atoms with Crippen molar-refractivity contribution in [1.29, 1.82) is 0 Å². The van der Waals surface area contributed by atoms with Crippen LogP contribution in [0.5, 0.6) is 0 Å². The molecule has 2 N–H and O–H groups in total. The van der Waals surface area contributed by atoms with Crippen LogP contribution in [0, 0.1) is 0 Å². The van der Waals surface area contributed by atoms with Crippen molar-refractivity contribution in [3.8, 4) is 0 Å². The molecule has 128 valence electrons. The van der Waals surface area contributed by atoms with Crippen molar-refractivity contribution in [2.75, 3.05) is 13.7 Å². The number of methoxy groups -OCH3 is 1. The van der Waals surface area contributed by atoms with Crippen molar-refractivity contribution >= 4 is 12.2 Å². The van der Waals surface area contributed by atoms with Gasteiger partial charge in [0.2, 0.25) is 0 Å². The van der Waals surface area contributed by atoms with E-state index >= 15 is 0 Å². The number of carbonyl (C=O) groups is 1. The van der Waals surface area contributed by atoms with Gasteiger partial charge in [0.15, 0.2) is 0 Å². The Morgan fingerprint density at radius 3 is 2.83 bits per heavy atom. The molecule has 0 aliphatic carbocycles. The minimum atomic E-state index is -0.485. The van der Waals surface area contributed by atoms with Crippen molar-refractivity contribution in [1.82, 2.24) is 5.32 Å². The Kier molecular flexibility index (Phi) is 5.43. The number of carbonyl (C=O) groups excluding carboxylic acids is 1. The van der Waals surface area contributed by atoms with E-state index in [-0.39, 0.29) is 12.0 Å². The summed E-state index contributed by atoms with van der Waals surface area (Å²) >= 11 is 0. The van der Waals surface area contributed by atoms with Gasteiger partial charge in [-0.2, -0.15) is 0 Å². The molecule has 5 nitrogen and oxygen atoms in total. The molecule has 0 amide bonds. The molecule has 3 unspecified atom stereocenters. The molecule has 1 fully saturated rings. The standard InChI is InChI=1S/C19H24N2O3/c1-24-19(23)14-6-4-13(5-7-14)11-16-8-9-17(21-16)18(22)15-3-2-10-20-12-15/h3-7,12,16-18,21-22H,2,8-11H2,1H3. The van der Waals surface area contributed by atoms with Gasteiger partial charge in [0.05, 0.1) is 18.8 Å². The van der Waals surface area contributed by atoms with Gasteiger partial charge in [-0.1, -0.05) is 18.2 Å². The summed E-state index contributed by atoms with van der Waals surface area (Å²) in [6, 6.07) is 7.95. The number of ether oxygens (including phenoxy) is 1. The lowest BCUT2D eigenvalue weighted by Gasteiger charge is -2.22. The topological polar surface area (TPSA) is 70.9 Å². The zero-order valence-electron chi connectivity index (χ0n) is 13.9. The molecule has 0 bridgehead atoms. The van der Waals surface area contributed by atoms with Gasteiger partial charge in [-0.15, -0.1) is 0 Å². The summed E-state index contributed by atoms with van der Waals surface area (Å²) in [4.78, 5) is 15.7. The average Bonchev–Trinajstić information content (AvgIpc) is 3.10. The lowest BCUT2D eigenvalue weighted by atomic mass is 9.99. The molecule has 0 aromatic heterocycles. The summed E-state index contributed by atoms with van der Waals surface area (Å²) < 4.78 is 4.71. The Labute approximate surface area is 142 Å². The van der Waals surface area contributed by atoms with Crippen molar-refractivity contribution < 1.29 is 14.6 Å². The molecule has 0 spiro atoms. The molecule has 5 heteroatoms. The SMILES string of the molecule is COC(=O)c1ccc(CC2CCC(C(O)C3=CCCN=C3)N2)cc1. The van der Waals surface area contributed by atoms with E-state index in [1.807, 2.05) is 12.1 Å². The Morgan fingerprint density at radius 1 is 1.38 bits per heavy atom. The van der Waals surface area contributed by atoms with E-state index in [1.165, 1.54) is 12.7 Å².